The van der Waals surface area contributed by atoms with E-state index in [0.717, 1.165) is 26.1 Å². The predicted molar refractivity (Wildman–Crippen MR) is 64.3 cm³/mol. The number of rotatable bonds is 5. The van der Waals surface area contributed by atoms with Crippen LogP contribution >= 0.6 is 0 Å². The molecule has 0 aromatic carbocycles. The van der Waals surface area contributed by atoms with Gasteiger partial charge in [-0.05, 0) is 19.4 Å². The molecule has 4 nitrogen and oxygen atoms in total. The first-order valence-corrected chi connectivity index (χ1v) is 6.25. The maximum absolute atomic E-state index is 12.0. The number of nitrogens with zero attached hydrogens (tertiary/aromatic N) is 1. The molecule has 0 aromatic rings. The van der Waals surface area contributed by atoms with E-state index < -0.39 is 0 Å². The molecule has 16 heavy (non-hydrogen) atoms. The summed E-state index contributed by atoms with van der Waals surface area (Å²) in [5.74, 6) is 0.826. The third-order valence-corrected chi connectivity index (χ3v) is 3.16. The molecule has 0 aromatic heterocycles. The van der Waals surface area contributed by atoms with Crippen molar-refractivity contribution in [3.8, 4) is 0 Å². The Hall–Kier alpha value is -0.610. The van der Waals surface area contributed by atoms with Gasteiger partial charge in [0.15, 0.2) is 0 Å². The van der Waals surface area contributed by atoms with Gasteiger partial charge in [-0.2, -0.15) is 0 Å². The summed E-state index contributed by atoms with van der Waals surface area (Å²) in [5, 5.41) is 3.30. The second-order valence-corrected chi connectivity index (χ2v) is 4.58. The maximum atomic E-state index is 12.0. The van der Waals surface area contributed by atoms with Gasteiger partial charge in [-0.25, -0.2) is 0 Å². The lowest BCUT2D eigenvalue weighted by Crippen LogP contribution is -2.49. The zero-order chi connectivity index (χ0) is 12.0. The van der Waals surface area contributed by atoms with Crippen LogP contribution in [-0.2, 0) is 9.53 Å². The number of morpholine rings is 1. The fourth-order valence-electron chi connectivity index (χ4n) is 1.67. The summed E-state index contributed by atoms with van der Waals surface area (Å²) in [6.45, 7) is 10.0. The Morgan fingerprint density at radius 2 is 2.00 bits per heavy atom. The van der Waals surface area contributed by atoms with E-state index in [9.17, 15) is 4.79 Å². The van der Waals surface area contributed by atoms with Crippen molar-refractivity contribution in [2.24, 2.45) is 5.92 Å². The molecule has 1 saturated heterocycles. The van der Waals surface area contributed by atoms with Gasteiger partial charge in [0, 0.05) is 13.1 Å². The molecule has 1 N–H and O–H groups in total. The summed E-state index contributed by atoms with van der Waals surface area (Å²) in [7, 11) is 0. The highest BCUT2D eigenvalue weighted by Gasteiger charge is 2.21. The monoisotopic (exact) mass is 228 g/mol. The summed E-state index contributed by atoms with van der Waals surface area (Å²) >= 11 is 0. The highest BCUT2D eigenvalue weighted by Crippen LogP contribution is 2.02. The molecule has 0 spiro atoms. The van der Waals surface area contributed by atoms with Crippen LogP contribution in [-0.4, -0.2) is 49.7 Å². The number of nitrogens with one attached hydrogen (secondary N) is 1. The fourth-order valence-corrected chi connectivity index (χ4v) is 1.67. The van der Waals surface area contributed by atoms with E-state index in [1.54, 1.807) is 0 Å². The molecule has 1 fully saturated rings. The molecule has 4 heteroatoms. The lowest BCUT2D eigenvalue weighted by atomic mass is 10.1. The molecule has 94 valence electrons. The number of carbonyl (C=O) groups excluding carboxylic acids is 1. The topological polar surface area (TPSA) is 41.6 Å². The van der Waals surface area contributed by atoms with Crippen LogP contribution < -0.4 is 5.32 Å². The summed E-state index contributed by atoms with van der Waals surface area (Å²) in [5.41, 5.74) is 0. The van der Waals surface area contributed by atoms with Crippen molar-refractivity contribution in [2.75, 3.05) is 32.8 Å². The molecule has 0 aliphatic carbocycles. The zero-order valence-electron chi connectivity index (χ0n) is 10.7. The third kappa shape index (κ3) is 4.10. The highest BCUT2D eigenvalue weighted by atomic mass is 16.5. The Morgan fingerprint density at radius 1 is 1.38 bits per heavy atom. The highest BCUT2D eigenvalue weighted by molar-refractivity contribution is 5.81. The van der Waals surface area contributed by atoms with Crippen molar-refractivity contribution in [3.63, 3.8) is 0 Å². The predicted octanol–water partition coefficient (Wildman–Crippen LogP) is 0.869. The van der Waals surface area contributed by atoms with Crippen LogP contribution in [0.4, 0.5) is 0 Å². The zero-order valence-corrected chi connectivity index (χ0v) is 10.7. The van der Waals surface area contributed by atoms with Gasteiger partial charge >= 0.3 is 0 Å². The number of hydrogen-bond acceptors (Lipinski definition) is 3. The van der Waals surface area contributed by atoms with Gasteiger partial charge in [0.2, 0.25) is 5.91 Å². The molecule has 2 atom stereocenters. The van der Waals surface area contributed by atoms with Crippen LogP contribution in [0.2, 0.25) is 0 Å². The summed E-state index contributed by atoms with van der Waals surface area (Å²) in [6, 6.07) is -0.0768. The Kier molecular flexibility index (Phi) is 5.77. The molecule has 2 unspecified atom stereocenters. The first-order valence-electron chi connectivity index (χ1n) is 6.25. The van der Waals surface area contributed by atoms with Crippen LogP contribution in [0.15, 0.2) is 0 Å². The number of carbonyl (C=O) groups is 1. The van der Waals surface area contributed by atoms with E-state index in [-0.39, 0.29) is 11.9 Å². The SMILES string of the molecule is CCC(C)CNC(C)C(=O)N1CCOCC1. The van der Waals surface area contributed by atoms with E-state index in [4.69, 9.17) is 4.74 Å². The Bertz CT molecular complexity index is 215. The molecule has 1 amide bonds. The van der Waals surface area contributed by atoms with Crippen molar-refractivity contribution >= 4 is 5.91 Å². The molecule has 0 saturated carbocycles. The lowest BCUT2D eigenvalue weighted by molar-refractivity contribution is -0.137. The van der Waals surface area contributed by atoms with Gasteiger partial charge in [-0.3, -0.25) is 4.79 Å². The average Bonchev–Trinajstić information content (AvgIpc) is 2.35. The second-order valence-electron chi connectivity index (χ2n) is 4.58. The quantitative estimate of drug-likeness (QED) is 0.759. The van der Waals surface area contributed by atoms with Gasteiger partial charge in [-0.15, -0.1) is 0 Å². The van der Waals surface area contributed by atoms with Crippen molar-refractivity contribution in [1.29, 1.82) is 0 Å². The summed E-state index contributed by atoms with van der Waals surface area (Å²) < 4.78 is 5.23. The van der Waals surface area contributed by atoms with E-state index in [1.165, 1.54) is 0 Å². The van der Waals surface area contributed by atoms with Gasteiger partial charge < -0.3 is 15.0 Å². The lowest BCUT2D eigenvalue weighted by Gasteiger charge is -2.29. The molecule has 0 bridgehead atoms. The Morgan fingerprint density at radius 3 is 2.56 bits per heavy atom. The van der Waals surface area contributed by atoms with Crippen LogP contribution in [0.1, 0.15) is 27.2 Å². The van der Waals surface area contributed by atoms with Crippen molar-refractivity contribution < 1.29 is 9.53 Å². The molecule has 0 radical (unpaired) electrons. The van der Waals surface area contributed by atoms with Gasteiger partial charge in [0.1, 0.15) is 0 Å². The summed E-state index contributed by atoms with van der Waals surface area (Å²) in [6.07, 6.45) is 1.14. The molecule has 1 rings (SSSR count). The van der Waals surface area contributed by atoms with E-state index in [2.05, 4.69) is 19.2 Å². The number of amides is 1. The van der Waals surface area contributed by atoms with Gasteiger partial charge in [0.25, 0.3) is 0 Å². The molecule has 1 heterocycles. The summed E-state index contributed by atoms with van der Waals surface area (Å²) in [4.78, 5) is 13.9. The molecular weight excluding hydrogens is 204 g/mol. The first kappa shape index (κ1) is 13.5. The molecule has 1 aliphatic rings. The van der Waals surface area contributed by atoms with Crippen LogP contribution in [0.3, 0.4) is 0 Å². The number of hydrogen-bond donors (Lipinski definition) is 1. The third-order valence-electron chi connectivity index (χ3n) is 3.16. The first-order chi connectivity index (χ1) is 7.65. The Labute approximate surface area is 98.3 Å². The number of ether oxygens (including phenoxy) is 1. The normalized spacial score (nSPS) is 20.6. The van der Waals surface area contributed by atoms with Crippen molar-refractivity contribution in [3.05, 3.63) is 0 Å². The minimum absolute atomic E-state index is 0.0768. The average molecular weight is 228 g/mol. The Balaban J connectivity index is 2.29. The molecular formula is C12H24N2O2. The minimum atomic E-state index is -0.0768. The van der Waals surface area contributed by atoms with E-state index >= 15 is 0 Å². The van der Waals surface area contributed by atoms with E-state index in [1.807, 2.05) is 11.8 Å². The smallest absolute Gasteiger partial charge is 0.239 e. The largest absolute Gasteiger partial charge is 0.378 e. The van der Waals surface area contributed by atoms with E-state index in [0.29, 0.717) is 19.1 Å². The standard InChI is InChI=1S/C12H24N2O2/c1-4-10(2)9-13-11(3)12(15)14-5-7-16-8-6-14/h10-11,13H,4-9H2,1-3H3. The van der Waals surface area contributed by atoms with Crippen LogP contribution in [0, 0.1) is 5.92 Å². The second kappa shape index (κ2) is 6.86. The van der Waals surface area contributed by atoms with Gasteiger partial charge in [0.05, 0.1) is 19.3 Å². The van der Waals surface area contributed by atoms with Gasteiger partial charge in [-0.1, -0.05) is 20.3 Å². The van der Waals surface area contributed by atoms with Crippen molar-refractivity contribution in [1.82, 2.24) is 10.2 Å². The van der Waals surface area contributed by atoms with Crippen LogP contribution in [0.25, 0.3) is 0 Å². The van der Waals surface area contributed by atoms with Crippen molar-refractivity contribution in [2.45, 2.75) is 33.2 Å². The molecule has 1 aliphatic heterocycles. The minimum Gasteiger partial charge on any atom is -0.378 e. The van der Waals surface area contributed by atoms with Crippen LogP contribution in [0.5, 0.6) is 0 Å². The maximum Gasteiger partial charge on any atom is 0.239 e. The fraction of sp³-hybridized carbons (Fsp3) is 0.917.